The van der Waals surface area contributed by atoms with Crippen LogP contribution in [0.3, 0.4) is 0 Å². The van der Waals surface area contributed by atoms with Crippen molar-refractivity contribution in [3.05, 3.63) is 29.3 Å². The number of ether oxygens (including phenoxy) is 1. The summed E-state index contributed by atoms with van der Waals surface area (Å²) in [6.45, 7) is 1.91. The molecule has 0 fully saturated rings. The molecule has 2 N–H and O–H groups in total. The Bertz CT molecular complexity index is 328. The van der Waals surface area contributed by atoms with E-state index >= 15 is 0 Å². The Kier molecular flexibility index (Phi) is 4.45. The lowest BCUT2D eigenvalue weighted by Crippen LogP contribution is -2.19. The van der Waals surface area contributed by atoms with Crippen molar-refractivity contribution in [1.29, 1.82) is 0 Å². The molecular formula is C11H16O3S. The highest BCUT2D eigenvalue weighted by atomic mass is 32.1. The van der Waals surface area contributed by atoms with Crippen molar-refractivity contribution in [2.45, 2.75) is 19.1 Å². The second-order valence-electron chi connectivity index (χ2n) is 3.48. The van der Waals surface area contributed by atoms with Gasteiger partial charge in [-0.3, -0.25) is 0 Å². The van der Waals surface area contributed by atoms with Crippen molar-refractivity contribution in [1.82, 2.24) is 0 Å². The van der Waals surface area contributed by atoms with E-state index in [2.05, 4.69) is 12.6 Å². The van der Waals surface area contributed by atoms with Gasteiger partial charge in [-0.15, -0.1) is 0 Å². The van der Waals surface area contributed by atoms with Crippen LogP contribution in [0.4, 0.5) is 0 Å². The zero-order chi connectivity index (χ0) is 11.4. The van der Waals surface area contributed by atoms with Crippen LogP contribution in [0.15, 0.2) is 18.2 Å². The molecule has 2 unspecified atom stereocenters. The van der Waals surface area contributed by atoms with E-state index in [0.29, 0.717) is 11.3 Å². The lowest BCUT2D eigenvalue weighted by molar-refractivity contribution is 0.0336. The summed E-state index contributed by atoms with van der Waals surface area (Å²) in [5.41, 5.74) is 1.63. The zero-order valence-corrected chi connectivity index (χ0v) is 9.74. The molecule has 1 rings (SSSR count). The molecule has 1 aromatic carbocycles. The molecule has 0 heterocycles. The van der Waals surface area contributed by atoms with Gasteiger partial charge in [-0.05, 0) is 30.2 Å². The predicted octanol–water partition coefficient (Wildman–Crippen LogP) is 1.33. The Labute approximate surface area is 95.1 Å². The van der Waals surface area contributed by atoms with Crippen LogP contribution in [0.5, 0.6) is 5.75 Å². The standard InChI is InChI=1S/C11H16O3S/c1-7-3-8(5-9(4-7)14-2)11(13)10(12)6-15/h3-5,10-13,15H,6H2,1-2H3. The molecule has 0 amide bonds. The van der Waals surface area contributed by atoms with Gasteiger partial charge in [0.2, 0.25) is 0 Å². The van der Waals surface area contributed by atoms with Crippen LogP contribution < -0.4 is 4.74 Å². The molecular weight excluding hydrogens is 212 g/mol. The first-order chi connectivity index (χ1) is 7.08. The average molecular weight is 228 g/mol. The largest absolute Gasteiger partial charge is 0.497 e. The second kappa shape index (κ2) is 5.39. The van der Waals surface area contributed by atoms with Crippen LogP contribution in [-0.4, -0.2) is 29.2 Å². The molecule has 15 heavy (non-hydrogen) atoms. The Balaban J connectivity index is 2.97. The van der Waals surface area contributed by atoms with Crippen molar-refractivity contribution in [3.8, 4) is 5.75 Å². The summed E-state index contributed by atoms with van der Waals surface area (Å²) < 4.78 is 5.09. The third-order valence-electron chi connectivity index (χ3n) is 2.20. The van der Waals surface area contributed by atoms with Crippen LogP contribution in [0.25, 0.3) is 0 Å². The molecule has 0 aliphatic rings. The molecule has 0 aromatic heterocycles. The highest BCUT2D eigenvalue weighted by molar-refractivity contribution is 7.80. The summed E-state index contributed by atoms with van der Waals surface area (Å²) in [7, 11) is 1.57. The number of thiol groups is 1. The van der Waals surface area contributed by atoms with Gasteiger partial charge in [-0.25, -0.2) is 0 Å². The fourth-order valence-corrected chi connectivity index (χ4v) is 1.59. The maximum Gasteiger partial charge on any atom is 0.119 e. The van der Waals surface area contributed by atoms with Crippen LogP contribution in [0.1, 0.15) is 17.2 Å². The summed E-state index contributed by atoms with van der Waals surface area (Å²) in [5, 5.41) is 19.2. The molecule has 0 saturated carbocycles. The highest BCUT2D eigenvalue weighted by Gasteiger charge is 2.17. The average Bonchev–Trinajstić information content (AvgIpc) is 2.26. The normalized spacial score (nSPS) is 14.7. The van der Waals surface area contributed by atoms with E-state index in [-0.39, 0.29) is 5.75 Å². The first kappa shape index (κ1) is 12.4. The van der Waals surface area contributed by atoms with E-state index in [4.69, 9.17) is 4.74 Å². The molecule has 2 atom stereocenters. The third kappa shape index (κ3) is 3.12. The molecule has 3 nitrogen and oxygen atoms in total. The molecule has 0 aliphatic heterocycles. The minimum absolute atomic E-state index is 0.220. The van der Waals surface area contributed by atoms with Gasteiger partial charge in [0.25, 0.3) is 0 Å². The molecule has 0 radical (unpaired) electrons. The zero-order valence-electron chi connectivity index (χ0n) is 8.84. The number of aryl methyl sites for hydroxylation is 1. The number of hydrogen-bond acceptors (Lipinski definition) is 4. The molecule has 1 aromatic rings. The van der Waals surface area contributed by atoms with Crippen molar-refractivity contribution >= 4 is 12.6 Å². The van der Waals surface area contributed by atoms with Crippen LogP contribution >= 0.6 is 12.6 Å². The van der Waals surface area contributed by atoms with Gasteiger partial charge in [0.05, 0.1) is 13.2 Å². The van der Waals surface area contributed by atoms with Crippen molar-refractivity contribution in [2.24, 2.45) is 0 Å². The predicted molar refractivity (Wildman–Crippen MR) is 62.6 cm³/mol. The van der Waals surface area contributed by atoms with Gasteiger partial charge in [-0.2, -0.15) is 12.6 Å². The fraction of sp³-hybridized carbons (Fsp3) is 0.455. The van der Waals surface area contributed by atoms with E-state index < -0.39 is 12.2 Å². The van der Waals surface area contributed by atoms with Gasteiger partial charge in [0.15, 0.2) is 0 Å². The van der Waals surface area contributed by atoms with E-state index in [1.807, 2.05) is 19.1 Å². The number of hydrogen-bond donors (Lipinski definition) is 3. The minimum atomic E-state index is -0.920. The van der Waals surface area contributed by atoms with E-state index in [1.54, 1.807) is 13.2 Å². The monoisotopic (exact) mass is 228 g/mol. The van der Waals surface area contributed by atoms with Crippen molar-refractivity contribution < 1.29 is 14.9 Å². The van der Waals surface area contributed by atoms with Gasteiger partial charge in [-0.1, -0.05) is 6.07 Å². The maximum absolute atomic E-state index is 9.78. The van der Waals surface area contributed by atoms with Crippen LogP contribution in [0, 0.1) is 6.92 Å². The topological polar surface area (TPSA) is 49.7 Å². The number of methoxy groups -OCH3 is 1. The lowest BCUT2D eigenvalue weighted by atomic mass is 10.0. The number of aliphatic hydroxyl groups excluding tert-OH is 2. The van der Waals surface area contributed by atoms with Crippen LogP contribution in [0.2, 0.25) is 0 Å². The smallest absolute Gasteiger partial charge is 0.119 e. The Morgan fingerprint density at radius 2 is 2.00 bits per heavy atom. The molecule has 4 heteroatoms. The Morgan fingerprint density at radius 1 is 1.33 bits per heavy atom. The molecule has 84 valence electrons. The van der Waals surface area contributed by atoms with E-state index in [9.17, 15) is 10.2 Å². The SMILES string of the molecule is COc1cc(C)cc(C(O)C(O)CS)c1. The molecule has 0 spiro atoms. The van der Waals surface area contributed by atoms with Crippen LogP contribution in [-0.2, 0) is 0 Å². The Hall–Kier alpha value is -0.710. The minimum Gasteiger partial charge on any atom is -0.497 e. The van der Waals surface area contributed by atoms with Gasteiger partial charge >= 0.3 is 0 Å². The second-order valence-corrected chi connectivity index (χ2v) is 3.84. The maximum atomic E-state index is 9.78. The first-order valence-electron chi connectivity index (χ1n) is 4.71. The van der Waals surface area contributed by atoms with E-state index in [0.717, 1.165) is 5.56 Å². The number of rotatable bonds is 4. The summed E-state index contributed by atoms with van der Waals surface area (Å²) in [6, 6.07) is 5.40. The Morgan fingerprint density at radius 3 is 2.53 bits per heavy atom. The quantitative estimate of drug-likeness (QED) is 0.681. The highest BCUT2D eigenvalue weighted by Crippen LogP contribution is 2.24. The fourth-order valence-electron chi connectivity index (χ4n) is 1.39. The van der Waals surface area contributed by atoms with Crippen molar-refractivity contribution in [3.63, 3.8) is 0 Å². The molecule has 0 saturated heterocycles. The molecule has 0 bridgehead atoms. The summed E-state index contributed by atoms with van der Waals surface area (Å²) in [5.74, 6) is 0.896. The van der Waals surface area contributed by atoms with E-state index in [1.165, 1.54) is 0 Å². The lowest BCUT2D eigenvalue weighted by Gasteiger charge is -2.17. The number of benzene rings is 1. The van der Waals surface area contributed by atoms with Crippen molar-refractivity contribution in [2.75, 3.05) is 12.9 Å². The van der Waals surface area contributed by atoms with Gasteiger partial charge < -0.3 is 14.9 Å². The van der Waals surface area contributed by atoms with Gasteiger partial charge in [0.1, 0.15) is 11.9 Å². The van der Waals surface area contributed by atoms with Gasteiger partial charge in [0, 0.05) is 5.75 Å². The summed E-state index contributed by atoms with van der Waals surface area (Å²) in [6.07, 6.45) is -1.78. The summed E-state index contributed by atoms with van der Waals surface area (Å²) >= 11 is 3.94. The molecule has 0 aliphatic carbocycles. The summed E-state index contributed by atoms with van der Waals surface area (Å²) in [4.78, 5) is 0. The number of aliphatic hydroxyl groups is 2. The third-order valence-corrected chi connectivity index (χ3v) is 2.58. The first-order valence-corrected chi connectivity index (χ1v) is 5.34.